The van der Waals surface area contributed by atoms with Gasteiger partial charge in [-0.05, 0) is 40.9 Å². The second-order valence-electron chi connectivity index (χ2n) is 3.65. The number of pyridine rings is 1. The first-order valence-corrected chi connectivity index (χ1v) is 5.52. The molecule has 1 aliphatic rings. The van der Waals surface area contributed by atoms with Crippen molar-refractivity contribution in [3.8, 4) is 0 Å². The number of nitrogens with zero attached hydrogens (tertiary/aromatic N) is 2. The van der Waals surface area contributed by atoms with E-state index in [1.807, 2.05) is 13.0 Å². The molecule has 0 saturated carbocycles. The van der Waals surface area contributed by atoms with Crippen LogP contribution in [0.4, 0.5) is 5.82 Å². The molecule has 14 heavy (non-hydrogen) atoms. The van der Waals surface area contributed by atoms with Crippen LogP contribution in [0.25, 0.3) is 0 Å². The molecule has 0 aliphatic carbocycles. The standard InChI is InChI=1S/C10H13BrN2O/c1-7-2-4-12-10(9(7)11)13-5-3-8(14)6-13/h2,4,8,14H,3,5-6H2,1H3. The van der Waals surface area contributed by atoms with Crippen molar-refractivity contribution >= 4 is 21.7 Å². The Morgan fingerprint density at radius 2 is 2.43 bits per heavy atom. The summed E-state index contributed by atoms with van der Waals surface area (Å²) in [7, 11) is 0. The quantitative estimate of drug-likeness (QED) is 0.832. The molecule has 2 rings (SSSR count). The molecule has 1 saturated heterocycles. The molecule has 1 aromatic heterocycles. The van der Waals surface area contributed by atoms with E-state index in [4.69, 9.17) is 0 Å². The van der Waals surface area contributed by atoms with Gasteiger partial charge < -0.3 is 10.0 Å². The SMILES string of the molecule is Cc1ccnc(N2CCC(O)C2)c1Br. The highest BCUT2D eigenvalue weighted by Gasteiger charge is 2.23. The Hall–Kier alpha value is -0.610. The van der Waals surface area contributed by atoms with Gasteiger partial charge in [0, 0.05) is 19.3 Å². The predicted molar refractivity (Wildman–Crippen MR) is 59.5 cm³/mol. The Morgan fingerprint density at radius 3 is 3.07 bits per heavy atom. The van der Waals surface area contributed by atoms with Crippen molar-refractivity contribution in [3.63, 3.8) is 0 Å². The number of aliphatic hydroxyl groups is 1. The molecule has 1 aromatic rings. The molecule has 0 bridgehead atoms. The smallest absolute Gasteiger partial charge is 0.143 e. The number of aryl methyl sites for hydroxylation is 1. The molecule has 1 N–H and O–H groups in total. The number of aliphatic hydroxyl groups excluding tert-OH is 1. The highest BCUT2D eigenvalue weighted by atomic mass is 79.9. The first-order chi connectivity index (χ1) is 6.68. The van der Waals surface area contributed by atoms with E-state index < -0.39 is 0 Å². The third kappa shape index (κ3) is 1.77. The number of halogens is 1. The zero-order valence-corrected chi connectivity index (χ0v) is 9.66. The largest absolute Gasteiger partial charge is 0.391 e. The Morgan fingerprint density at radius 1 is 1.64 bits per heavy atom. The Balaban J connectivity index is 2.28. The van der Waals surface area contributed by atoms with E-state index in [1.165, 1.54) is 5.56 Å². The third-order valence-corrected chi connectivity index (χ3v) is 3.51. The van der Waals surface area contributed by atoms with Gasteiger partial charge in [-0.1, -0.05) is 0 Å². The third-order valence-electron chi connectivity index (χ3n) is 2.53. The topological polar surface area (TPSA) is 36.4 Å². The van der Waals surface area contributed by atoms with Crippen LogP contribution in [-0.2, 0) is 0 Å². The molecule has 4 heteroatoms. The fourth-order valence-electron chi connectivity index (χ4n) is 1.68. The number of β-amino-alcohol motifs (C(OH)–C–C–N with tert-alkyl or cyclic N) is 1. The molecule has 1 aliphatic heterocycles. The Labute approximate surface area is 91.9 Å². The molecule has 0 amide bonds. The summed E-state index contributed by atoms with van der Waals surface area (Å²) in [5, 5.41) is 9.44. The van der Waals surface area contributed by atoms with E-state index in [-0.39, 0.29) is 6.10 Å². The minimum Gasteiger partial charge on any atom is -0.391 e. The van der Waals surface area contributed by atoms with Gasteiger partial charge in [0.2, 0.25) is 0 Å². The van der Waals surface area contributed by atoms with Crippen molar-refractivity contribution in [2.75, 3.05) is 18.0 Å². The van der Waals surface area contributed by atoms with Crippen LogP contribution in [-0.4, -0.2) is 29.3 Å². The predicted octanol–water partition coefficient (Wildman–Crippen LogP) is 1.72. The average Bonchev–Trinajstić information content (AvgIpc) is 2.57. The van der Waals surface area contributed by atoms with Crippen molar-refractivity contribution in [1.82, 2.24) is 4.98 Å². The van der Waals surface area contributed by atoms with E-state index in [0.29, 0.717) is 6.54 Å². The van der Waals surface area contributed by atoms with Crippen molar-refractivity contribution in [3.05, 3.63) is 22.3 Å². The summed E-state index contributed by atoms with van der Waals surface area (Å²) < 4.78 is 1.04. The van der Waals surface area contributed by atoms with Crippen molar-refractivity contribution < 1.29 is 5.11 Å². The van der Waals surface area contributed by atoms with E-state index in [9.17, 15) is 5.11 Å². The normalized spacial score (nSPS) is 21.6. The van der Waals surface area contributed by atoms with Crippen molar-refractivity contribution in [2.24, 2.45) is 0 Å². The van der Waals surface area contributed by atoms with Crippen molar-refractivity contribution in [2.45, 2.75) is 19.4 Å². The summed E-state index contributed by atoms with van der Waals surface area (Å²) in [5.41, 5.74) is 1.18. The number of aromatic nitrogens is 1. The second-order valence-corrected chi connectivity index (χ2v) is 4.45. The maximum absolute atomic E-state index is 9.44. The van der Waals surface area contributed by atoms with Crippen LogP contribution in [0.3, 0.4) is 0 Å². The lowest BCUT2D eigenvalue weighted by molar-refractivity contribution is 0.198. The van der Waals surface area contributed by atoms with Gasteiger partial charge >= 0.3 is 0 Å². The first-order valence-electron chi connectivity index (χ1n) is 4.72. The Kier molecular flexibility index (Phi) is 2.74. The van der Waals surface area contributed by atoms with Gasteiger partial charge in [0.05, 0.1) is 10.6 Å². The van der Waals surface area contributed by atoms with Gasteiger partial charge in [0.1, 0.15) is 5.82 Å². The van der Waals surface area contributed by atoms with E-state index in [1.54, 1.807) is 6.20 Å². The highest BCUT2D eigenvalue weighted by molar-refractivity contribution is 9.10. The minimum atomic E-state index is -0.204. The van der Waals surface area contributed by atoms with E-state index in [0.717, 1.165) is 23.3 Å². The maximum atomic E-state index is 9.44. The summed E-state index contributed by atoms with van der Waals surface area (Å²) in [5.74, 6) is 0.946. The molecule has 0 aromatic carbocycles. The molecule has 2 heterocycles. The van der Waals surface area contributed by atoms with Crippen LogP contribution in [0.1, 0.15) is 12.0 Å². The van der Waals surface area contributed by atoms with Crippen LogP contribution in [0.2, 0.25) is 0 Å². The number of hydrogen-bond donors (Lipinski definition) is 1. The number of rotatable bonds is 1. The van der Waals surface area contributed by atoms with Gasteiger partial charge in [-0.2, -0.15) is 0 Å². The van der Waals surface area contributed by atoms with Crippen LogP contribution < -0.4 is 4.90 Å². The molecule has 1 atom stereocenters. The summed E-state index contributed by atoms with van der Waals surface area (Å²) in [6.45, 7) is 3.62. The molecule has 1 unspecified atom stereocenters. The van der Waals surface area contributed by atoms with Gasteiger partial charge in [0.15, 0.2) is 0 Å². The Bertz CT molecular complexity index is 343. The zero-order chi connectivity index (χ0) is 10.1. The van der Waals surface area contributed by atoms with Gasteiger partial charge in [-0.3, -0.25) is 0 Å². The van der Waals surface area contributed by atoms with Crippen molar-refractivity contribution in [1.29, 1.82) is 0 Å². The molecule has 0 spiro atoms. The number of hydrogen-bond acceptors (Lipinski definition) is 3. The molecule has 0 radical (unpaired) electrons. The lowest BCUT2D eigenvalue weighted by Crippen LogP contribution is -2.22. The molecule has 1 fully saturated rings. The monoisotopic (exact) mass is 256 g/mol. The molecule has 3 nitrogen and oxygen atoms in total. The van der Waals surface area contributed by atoms with Gasteiger partial charge in [-0.15, -0.1) is 0 Å². The second kappa shape index (κ2) is 3.87. The van der Waals surface area contributed by atoms with Crippen LogP contribution in [0.5, 0.6) is 0 Å². The summed E-state index contributed by atoms with van der Waals surface area (Å²) in [4.78, 5) is 6.44. The van der Waals surface area contributed by atoms with Crippen LogP contribution in [0.15, 0.2) is 16.7 Å². The van der Waals surface area contributed by atoms with Gasteiger partial charge in [0.25, 0.3) is 0 Å². The van der Waals surface area contributed by atoms with E-state index >= 15 is 0 Å². The number of anilines is 1. The fourth-order valence-corrected chi connectivity index (χ4v) is 2.17. The zero-order valence-electron chi connectivity index (χ0n) is 8.07. The fraction of sp³-hybridized carbons (Fsp3) is 0.500. The molecular formula is C10H13BrN2O. The summed E-state index contributed by atoms with van der Waals surface area (Å²) in [6.07, 6.45) is 2.44. The molecular weight excluding hydrogens is 244 g/mol. The lowest BCUT2D eigenvalue weighted by atomic mass is 10.3. The maximum Gasteiger partial charge on any atom is 0.143 e. The first kappa shape index (κ1) is 9.93. The molecule has 76 valence electrons. The average molecular weight is 257 g/mol. The summed E-state index contributed by atoms with van der Waals surface area (Å²) >= 11 is 3.52. The highest BCUT2D eigenvalue weighted by Crippen LogP contribution is 2.29. The van der Waals surface area contributed by atoms with Crippen LogP contribution in [0, 0.1) is 6.92 Å². The lowest BCUT2D eigenvalue weighted by Gasteiger charge is -2.18. The minimum absolute atomic E-state index is 0.204. The van der Waals surface area contributed by atoms with Gasteiger partial charge in [-0.25, -0.2) is 4.98 Å². The summed E-state index contributed by atoms with van der Waals surface area (Å²) in [6, 6.07) is 1.97. The van der Waals surface area contributed by atoms with E-state index in [2.05, 4.69) is 25.8 Å². The van der Waals surface area contributed by atoms with Crippen LogP contribution >= 0.6 is 15.9 Å².